The van der Waals surface area contributed by atoms with E-state index in [2.05, 4.69) is 10.3 Å². The number of aromatic nitrogens is 2. The Labute approximate surface area is 184 Å². The monoisotopic (exact) mass is 420 g/mol. The minimum atomic E-state index is 0.0793. The summed E-state index contributed by atoms with van der Waals surface area (Å²) in [5.41, 5.74) is 1.01. The van der Waals surface area contributed by atoms with Gasteiger partial charge < -0.3 is 14.8 Å². The van der Waals surface area contributed by atoms with Gasteiger partial charge >= 0.3 is 0 Å². The maximum Gasteiger partial charge on any atom is 0.242 e. The Hall–Kier alpha value is -2.63. The number of carbonyl (C=O) groups excluding carboxylic acids is 2. The number of hydrogen-bond acceptors (Lipinski definition) is 3. The van der Waals surface area contributed by atoms with Gasteiger partial charge in [0.1, 0.15) is 12.4 Å². The van der Waals surface area contributed by atoms with Gasteiger partial charge in [0.2, 0.25) is 11.8 Å². The summed E-state index contributed by atoms with van der Waals surface area (Å²) >= 11 is 0. The Balaban J connectivity index is 1.19. The molecule has 1 aliphatic heterocycles. The van der Waals surface area contributed by atoms with E-state index in [9.17, 15) is 9.59 Å². The van der Waals surface area contributed by atoms with E-state index in [0.717, 1.165) is 43.6 Å². The summed E-state index contributed by atoms with van der Waals surface area (Å²) in [7, 11) is 0. The van der Waals surface area contributed by atoms with Crippen LogP contribution in [0.4, 0.5) is 0 Å². The third kappa shape index (κ3) is 4.25. The van der Waals surface area contributed by atoms with Crippen LogP contribution in [0.15, 0.2) is 42.7 Å². The zero-order valence-electron chi connectivity index (χ0n) is 18.1. The molecule has 0 radical (unpaired) electrons. The molecule has 5 rings (SSSR count). The van der Waals surface area contributed by atoms with Gasteiger partial charge in [-0.2, -0.15) is 0 Å². The van der Waals surface area contributed by atoms with Crippen LogP contribution in [0.25, 0.3) is 11.4 Å². The van der Waals surface area contributed by atoms with Gasteiger partial charge in [-0.15, -0.1) is 0 Å². The molecule has 2 aromatic rings. The van der Waals surface area contributed by atoms with Crippen LogP contribution in [0.3, 0.4) is 0 Å². The predicted octanol–water partition coefficient (Wildman–Crippen LogP) is 3.48. The van der Waals surface area contributed by atoms with Crippen molar-refractivity contribution in [2.45, 2.75) is 57.5 Å². The molecule has 31 heavy (non-hydrogen) atoms. The van der Waals surface area contributed by atoms with Gasteiger partial charge in [-0.1, -0.05) is 49.6 Å². The third-order valence-electron chi connectivity index (χ3n) is 7.57. The molecule has 2 amide bonds. The van der Waals surface area contributed by atoms with Crippen LogP contribution < -0.4 is 5.32 Å². The minimum Gasteiger partial charge on any atom is -0.353 e. The minimum absolute atomic E-state index is 0.0793. The Kier molecular flexibility index (Phi) is 5.79. The lowest BCUT2D eigenvalue weighted by molar-refractivity contribution is -0.146. The average molecular weight is 421 g/mol. The molecule has 3 fully saturated rings. The van der Waals surface area contributed by atoms with Crippen molar-refractivity contribution in [3.05, 3.63) is 42.7 Å². The number of piperidine rings is 1. The zero-order valence-corrected chi connectivity index (χ0v) is 18.1. The SMILES string of the molecule is O=C(NC1CCCCC1)[C@@H]1C[C@H]2CCN(C(=O)Cn3ccnc3-c3ccccc3)C[C@H]21. The highest BCUT2D eigenvalue weighted by molar-refractivity contribution is 5.81. The maximum absolute atomic E-state index is 13.1. The second kappa shape index (κ2) is 8.85. The van der Waals surface area contributed by atoms with Crippen LogP contribution >= 0.6 is 0 Å². The number of likely N-dealkylation sites (tertiary alicyclic amines) is 1. The van der Waals surface area contributed by atoms with Gasteiger partial charge in [0.15, 0.2) is 0 Å². The van der Waals surface area contributed by atoms with Gasteiger partial charge in [-0.05, 0) is 37.5 Å². The summed E-state index contributed by atoms with van der Waals surface area (Å²) in [5.74, 6) is 2.15. The lowest BCUT2D eigenvalue weighted by Crippen LogP contribution is -2.57. The Bertz CT molecular complexity index is 919. The molecule has 0 spiro atoms. The number of nitrogens with one attached hydrogen (secondary N) is 1. The second-order valence-corrected chi connectivity index (χ2v) is 9.48. The Morgan fingerprint density at radius 1 is 1.06 bits per heavy atom. The largest absolute Gasteiger partial charge is 0.353 e. The number of nitrogens with zero attached hydrogens (tertiary/aromatic N) is 3. The summed E-state index contributed by atoms with van der Waals surface area (Å²) in [6, 6.07) is 10.3. The van der Waals surface area contributed by atoms with E-state index in [1.165, 1.54) is 19.3 Å². The van der Waals surface area contributed by atoms with Crippen LogP contribution in [0.2, 0.25) is 0 Å². The summed E-state index contributed by atoms with van der Waals surface area (Å²) in [6.07, 6.45) is 11.6. The van der Waals surface area contributed by atoms with E-state index in [-0.39, 0.29) is 17.7 Å². The van der Waals surface area contributed by atoms with E-state index >= 15 is 0 Å². The highest BCUT2D eigenvalue weighted by Gasteiger charge is 2.48. The van der Waals surface area contributed by atoms with E-state index in [1.807, 2.05) is 46.0 Å². The summed E-state index contributed by atoms with van der Waals surface area (Å²) in [5, 5.41) is 3.31. The molecule has 3 atom stereocenters. The smallest absolute Gasteiger partial charge is 0.242 e. The van der Waals surface area contributed by atoms with E-state index in [1.54, 1.807) is 6.20 Å². The molecule has 1 N–H and O–H groups in total. The molecule has 1 saturated heterocycles. The van der Waals surface area contributed by atoms with Gasteiger partial charge in [-0.25, -0.2) is 4.98 Å². The van der Waals surface area contributed by atoms with Crippen LogP contribution in [0.5, 0.6) is 0 Å². The Morgan fingerprint density at radius 2 is 1.87 bits per heavy atom. The van der Waals surface area contributed by atoms with Crippen LogP contribution in [0.1, 0.15) is 44.9 Å². The van der Waals surface area contributed by atoms with Crippen molar-refractivity contribution in [2.75, 3.05) is 13.1 Å². The fourth-order valence-electron chi connectivity index (χ4n) is 5.70. The van der Waals surface area contributed by atoms with Crippen molar-refractivity contribution >= 4 is 11.8 Å². The topological polar surface area (TPSA) is 67.2 Å². The molecule has 0 bridgehead atoms. The van der Waals surface area contributed by atoms with E-state index in [0.29, 0.717) is 31.0 Å². The maximum atomic E-state index is 13.1. The average Bonchev–Trinajstić information content (AvgIpc) is 3.24. The summed E-state index contributed by atoms with van der Waals surface area (Å²) < 4.78 is 1.93. The molecule has 3 aliphatic rings. The number of carbonyl (C=O) groups is 2. The fourth-order valence-corrected chi connectivity index (χ4v) is 5.70. The molecular formula is C25H32N4O2. The number of rotatable bonds is 5. The molecule has 0 unspecified atom stereocenters. The van der Waals surface area contributed by atoms with E-state index < -0.39 is 0 Å². The lowest BCUT2D eigenvalue weighted by atomic mass is 9.61. The lowest BCUT2D eigenvalue weighted by Gasteiger charge is -2.50. The molecule has 2 aliphatic carbocycles. The first-order chi connectivity index (χ1) is 15.2. The normalized spacial score (nSPS) is 26.1. The van der Waals surface area contributed by atoms with Crippen LogP contribution in [0, 0.1) is 17.8 Å². The Morgan fingerprint density at radius 3 is 2.68 bits per heavy atom. The van der Waals surface area contributed by atoms with Crippen molar-refractivity contribution in [3.8, 4) is 11.4 Å². The first kappa shape index (κ1) is 20.3. The fraction of sp³-hybridized carbons (Fsp3) is 0.560. The summed E-state index contributed by atoms with van der Waals surface area (Å²) in [6.45, 7) is 1.80. The van der Waals surface area contributed by atoms with Crippen molar-refractivity contribution in [3.63, 3.8) is 0 Å². The van der Waals surface area contributed by atoms with Crippen LogP contribution in [-0.2, 0) is 16.1 Å². The van der Waals surface area contributed by atoms with Gasteiger partial charge in [0.25, 0.3) is 0 Å². The number of amides is 2. The van der Waals surface area contributed by atoms with Gasteiger partial charge in [0.05, 0.1) is 0 Å². The predicted molar refractivity (Wildman–Crippen MR) is 119 cm³/mol. The molecule has 1 aromatic heterocycles. The quantitative estimate of drug-likeness (QED) is 0.805. The molecular weight excluding hydrogens is 388 g/mol. The molecule has 164 valence electrons. The summed E-state index contributed by atoms with van der Waals surface area (Å²) in [4.78, 5) is 32.4. The zero-order chi connectivity index (χ0) is 21.2. The first-order valence-corrected chi connectivity index (χ1v) is 11.8. The second-order valence-electron chi connectivity index (χ2n) is 9.48. The standard InChI is InChI=1S/C25H32N4O2/c30-23(17-29-14-12-26-24(29)18-7-3-1-4-8-18)28-13-11-19-15-21(22(19)16-28)25(31)27-20-9-5-2-6-10-20/h1,3-4,7-8,12,14,19-22H,2,5-6,9-11,13,15-17H2,(H,27,31)/t19-,21-,22-/m1/s1. The highest BCUT2D eigenvalue weighted by atomic mass is 16.2. The van der Waals surface area contributed by atoms with Crippen molar-refractivity contribution < 1.29 is 9.59 Å². The molecule has 1 aromatic carbocycles. The van der Waals surface area contributed by atoms with E-state index in [4.69, 9.17) is 0 Å². The third-order valence-corrected chi connectivity index (χ3v) is 7.57. The van der Waals surface area contributed by atoms with Gasteiger partial charge in [0, 0.05) is 43.0 Å². The number of hydrogen-bond donors (Lipinski definition) is 1. The van der Waals surface area contributed by atoms with Crippen molar-refractivity contribution in [2.24, 2.45) is 17.8 Å². The molecule has 2 heterocycles. The molecule has 6 nitrogen and oxygen atoms in total. The first-order valence-electron chi connectivity index (χ1n) is 11.8. The molecule has 2 saturated carbocycles. The number of fused-ring (bicyclic) bond motifs is 1. The van der Waals surface area contributed by atoms with Crippen molar-refractivity contribution in [1.29, 1.82) is 0 Å². The van der Waals surface area contributed by atoms with Crippen molar-refractivity contribution in [1.82, 2.24) is 19.8 Å². The highest BCUT2D eigenvalue weighted by Crippen LogP contribution is 2.46. The van der Waals surface area contributed by atoms with Gasteiger partial charge in [-0.3, -0.25) is 9.59 Å². The number of imidazole rings is 1. The van der Waals surface area contributed by atoms with Crippen LogP contribution in [-0.4, -0.2) is 45.4 Å². The number of benzene rings is 1. The molecule has 6 heteroatoms.